The van der Waals surface area contributed by atoms with E-state index < -0.39 is 25.0 Å². The summed E-state index contributed by atoms with van der Waals surface area (Å²) in [6.45, 7) is 34.0. The highest BCUT2D eigenvalue weighted by molar-refractivity contribution is 6.70. The lowest BCUT2D eigenvalue weighted by atomic mass is 9.44. The van der Waals surface area contributed by atoms with Gasteiger partial charge in [-0.3, -0.25) is 0 Å². The molecule has 9 atom stereocenters. The van der Waals surface area contributed by atoms with E-state index in [1.807, 2.05) is 0 Å². The molecule has 0 heterocycles. The lowest BCUT2D eigenvalue weighted by molar-refractivity contribution is -0.141. The summed E-state index contributed by atoms with van der Waals surface area (Å²) in [6.07, 6.45) is 16.6. The summed E-state index contributed by atoms with van der Waals surface area (Å²) in [6, 6.07) is 0. The van der Waals surface area contributed by atoms with Crippen LogP contribution in [0.5, 0.6) is 0 Å². The SMILES string of the molecule is CC(C)(CCC[C@@](C)(O[Si](C)(C)C)C1CCC2C3CC[C@H]4C[C@@H](O[Si](C)(C)C)CCC4(C)C3CCC21C)O[Si](C)(C)C. The molecule has 0 aromatic heterocycles. The minimum Gasteiger partial charge on any atom is -0.415 e. The van der Waals surface area contributed by atoms with Crippen molar-refractivity contribution in [3.63, 3.8) is 0 Å². The summed E-state index contributed by atoms with van der Waals surface area (Å²) in [5.74, 6) is 4.27. The van der Waals surface area contributed by atoms with E-state index in [0.717, 1.165) is 30.1 Å². The van der Waals surface area contributed by atoms with Crippen molar-refractivity contribution in [2.45, 2.75) is 188 Å². The zero-order valence-electron chi connectivity index (χ0n) is 30.7. The highest BCUT2D eigenvalue weighted by Crippen LogP contribution is 2.69. The van der Waals surface area contributed by atoms with Gasteiger partial charge in [0, 0.05) is 6.10 Å². The largest absolute Gasteiger partial charge is 0.415 e. The molecule has 4 aliphatic rings. The first-order valence-corrected chi connectivity index (χ1v) is 28.3. The summed E-state index contributed by atoms with van der Waals surface area (Å²) >= 11 is 0. The van der Waals surface area contributed by atoms with Crippen LogP contribution in [0.3, 0.4) is 0 Å². The molecule has 0 radical (unpaired) electrons. The third kappa shape index (κ3) is 7.90. The van der Waals surface area contributed by atoms with Crippen LogP contribution in [0.1, 0.15) is 112 Å². The van der Waals surface area contributed by atoms with Crippen LogP contribution in [0.2, 0.25) is 58.9 Å². The van der Waals surface area contributed by atoms with Crippen molar-refractivity contribution in [1.82, 2.24) is 0 Å². The maximum absolute atomic E-state index is 7.33. The molecule has 0 aliphatic heterocycles. The van der Waals surface area contributed by atoms with Gasteiger partial charge in [-0.25, -0.2) is 0 Å². The topological polar surface area (TPSA) is 27.7 Å². The molecule has 4 rings (SSSR count). The predicted molar refractivity (Wildman–Crippen MR) is 189 cm³/mol. The van der Waals surface area contributed by atoms with Gasteiger partial charge in [-0.15, -0.1) is 0 Å². The van der Waals surface area contributed by atoms with E-state index in [0.29, 0.717) is 22.9 Å². The van der Waals surface area contributed by atoms with E-state index in [4.69, 9.17) is 13.3 Å². The molecule has 42 heavy (non-hydrogen) atoms. The highest BCUT2D eigenvalue weighted by atomic mass is 28.4. The molecule has 246 valence electrons. The van der Waals surface area contributed by atoms with Crippen LogP contribution in [0, 0.1) is 40.4 Å². The third-order valence-electron chi connectivity index (χ3n) is 12.4. The summed E-state index contributed by atoms with van der Waals surface area (Å²) in [5, 5.41) is 0. The van der Waals surface area contributed by atoms with E-state index in [1.165, 1.54) is 70.6 Å². The molecule has 0 N–H and O–H groups in total. The van der Waals surface area contributed by atoms with Gasteiger partial charge in [-0.1, -0.05) is 13.8 Å². The smallest absolute Gasteiger partial charge is 0.184 e. The van der Waals surface area contributed by atoms with Crippen LogP contribution in [-0.4, -0.2) is 42.3 Å². The number of hydrogen-bond donors (Lipinski definition) is 0. The van der Waals surface area contributed by atoms with Crippen LogP contribution < -0.4 is 0 Å². The monoisotopic (exact) mass is 636 g/mol. The maximum atomic E-state index is 7.33. The molecular weight excluding hydrogens is 565 g/mol. The summed E-state index contributed by atoms with van der Waals surface area (Å²) in [5.41, 5.74) is 0.879. The van der Waals surface area contributed by atoms with Gasteiger partial charge < -0.3 is 13.3 Å². The lowest BCUT2D eigenvalue weighted by Crippen LogP contribution is -2.57. The maximum Gasteiger partial charge on any atom is 0.184 e. The van der Waals surface area contributed by atoms with Gasteiger partial charge in [-0.05, 0) is 197 Å². The standard InChI is InChI=1S/C36H72O3Si3/c1-33(2,38-41(9,10)11)22-15-23-36(5,39-42(12,13)14)32-19-18-30-29-17-16-27-26-28(37-40(6,7)8)20-24-34(27,3)31(29)21-25-35(30,32)4/h27-32H,15-26H2,1-14H3/t27-,28-,29?,30?,31?,32?,34?,35?,36+/m0/s1. The van der Waals surface area contributed by atoms with Crippen LogP contribution in [-0.2, 0) is 13.3 Å². The molecule has 0 aromatic rings. The summed E-state index contributed by atoms with van der Waals surface area (Å²) in [7, 11) is -4.75. The molecule has 6 unspecified atom stereocenters. The number of rotatable bonds is 11. The van der Waals surface area contributed by atoms with Gasteiger partial charge in [-0.2, -0.15) is 0 Å². The predicted octanol–water partition coefficient (Wildman–Crippen LogP) is 11.3. The Labute approximate surface area is 265 Å². The van der Waals surface area contributed by atoms with Crippen molar-refractivity contribution < 1.29 is 13.3 Å². The van der Waals surface area contributed by atoms with Crippen LogP contribution in [0.15, 0.2) is 0 Å². The van der Waals surface area contributed by atoms with E-state index in [9.17, 15) is 0 Å². The van der Waals surface area contributed by atoms with Crippen molar-refractivity contribution in [2.75, 3.05) is 0 Å². The van der Waals surface area contributed by atoms with Gasteiger partial charge >= 0.3 is 0 Å². The Hall–Kier alpha value is 0.531. The van der Waals surface area contributed by atoms with Crippen molar-refractivity contribution in [1.29, 1.82) is 0 Å². The van der Waals surface area contributed by atoms with E-state index >= 15 is 0 Å². The molecular formula is C36H72O3Si3. The fourth-order valence-corrected chi connectivity index (χ4v) is 16.2. The molecule has 0 aromatic carbocycles. The van der Waals surface area contributed by atoms with Gasteiger partial charge in [0.15, 0.2) is 25.0 Å². The Morgan fingerprint density at radius 3 is 1.83 bits per heavy atom. The minimum atomic E-state index is -1.71. The zero-order chi connectivity index (χ0) is 31.6. The fraction of sp³-hybridized carbons (Fsp3) is 1.00. The average molecular weight is 637 g/mol. The average Bonchev–Trinajstić information content (AvgIpc) is 3.13. The van der Waals surface area contributed by atoms with Crippen molar-refractivity contribution in [3.8, 4) is 0 Å². The normalized spacial score (nSPS) is 39.3. The Kier molecular flexibility index (Phi) is 10.1. The van der Waals surface area contributed by atoms with Crippen LogP contribution in [0.25, 0.3) is 0 Å². The van der Waals surface area contributed by atoms with Crippen molar-refractivity contribution >= 4 is 25.0 Å². The Balaban J connectivity index is 1.50. The third-order valence-corrected chi connectivity index (χ3v) is 15.7. The zero-order valence-corrected chi connectivity index (χ0v) is 33.7. The van der Waals surface area contributed by atoms with E-state index in [1.54, 1.807) is 0 Å². The second-order valence-electron chi connectivity index (χ2n) is 19.8. The van der Waals surface area contributed by atoms with Gasteiger partial charge in [0.05, 0.1) is 11.2 Å². The first-order valence-electron chi connectivity index (χ1n) is 18.0. The number of fused-ring (bicyclic) bond motifs is 5. The summed E-state index contributed by atoms with van der Waals surface area (Å²) in [4.78, 5) is 0. The second kappa shape index (κ2) is 12.0. The first kappa shape index (κ1) is 35.4. The van der Waals surface area contributed by atoms with Crippen molar-refractivity contribution in [2.24, 2.45) is 40.4 Å². The first-order chi connectivity index (χ1) is 19.0. The molecule has 0 amide bonds. The molecule has 0 saturated heterocycles. The molecule has 6 heteroatoms. The van der Waals surface area contributed by atoms with Gasteiger partial charge in [0.1, 0.15) is 0 Å². The second-order valence-corrected chi connectivity index (χ2v) is 33.1. The minimum absolute atomic E-state index is 0.0244. The number of hydrogen-bond acceptors (Lipinski definition) is 3. The van der Waals surface area contributed by atoms with Crippen molar-refractivity contribution in [3.05, 3.63) is 0 Å². The lowest BCUT2D eigenvalue weighted by Gasteiger charge is -2.62. The van der Waals surface area contributed by atoms with Crippen LogP contribution in [0.4, 0.5) is 0 Å². The van der Waals surface area contributed by atoms with Gasteiger partial charge in [0.2, 0.25) is 0 Å². The Morgan fingerprint density at radius 2 is 1.24 bits per heavy atom. The Bertz CT molecular complexity index is 933. The fourth-order valence-electron chi connectivity index (χ4n) is 11.6. The van der Waals surface area contributed by atoms with Crippen LogP contribution >= 0.6 is 0 Å². The van der Waals surface area contributed by atoms with E-state index in [2.05, 4.69) is 93.5 Å². The quantitative estimate of drug-likeness (QED) is 0.211. The Morgan fingerprint density at radius 1 is 0.643 bits per heavy atom. The molecule has 4 saturated carbocycles. The molecule has 0 spiro atoms. The van der Waals surface area contributed by atoms with Gasteiger partial charge in [0.25, 0.3) is 0 Å². The molecule has 4 fully saturated rings. The molecule has 0 bridgehead atoms. The molecule has 4 aliphatic carbocycles. The molecule has 3 nitrogen and oxygen atoms in total. The van der Waals surface area contributed by atoms with E-state index in [-0.39, 0.29) is 11.2 Å². The highest BCUT2D eigenvalue weighted by Gasteiger charge is 2.63. The summed E-state index contributed by atoms with van der Waals surface area (Å²) < 4.78 is 20.6.